The molecule has 0 saturated heterocycles. The summed E-state index contributed by atoms with van der Waals surface area (Å²) in [6, 6.07) is 21.9. The van der Waals surface area contributed by atoms with Crippen molar-refractivity contribution < 1.29 is 13.2 Å². The highest BCUT2D eigenvalue weighted by Crippen LogP contribution is 2.27. The second kappa shape index (κ2) is 8.73. The Labute approximate surface area is 181 Å². The average Bonchev–Trinajstić information content (AvgIpc) is 3.18. The first-order chi connectivity index (χ1) is 14.9. The number of carbonyl (C=O) groups is 1. The second-order valence-corrected chi connectivity index (χ2v) is 9.54. The summed E-state index contributed by atoms with van der Waals surface area (Å²) >= 11 is 0. The highest BCUT2D eigenvalue weighted by atomic mass is 32.2. The molecule has 2 N–H and O–H groups in total. The molecule has 0 spiro atoms. The summed E-state index contributed by atoms with van der Waals surface area (Å²) in [5, 5.41) is 2.89. The van der Waals surface area contributed by atoms with Gasteiger partial charge in [0.15, 0.2) is 9.84 Å². The van der Waals surface area contributed by atoms with Gasteiger partial charge in [0.2, 0.25) is 5.91 Å². The molecule has 0 atom stereocenters. The zero-order valence-corrected chi connectivity index (χ0v) is 17.9. The van der Waals surface area contributed by atoms with Crippen LogP contribution in [-0.2, 0) is 14.6 Å². The van der Waals surface area contributed by atoms with Crippen LogP contribution < -0.4 is 5.32 Å². The maximum atomic E-state index is 12.5. The van der Waals surface area contributed by atoms with Crippen molar-refractivity contribution in [3.8, 4) is 11.4 Å². The van der Waals surface area contributed by atoms with Gasteiger partial charge in [-0.05, 0) is 49.7 Å². The first-order valence-corrected chi connectivity index (χ1v) is 11.7. The van der Waals surface area contributed by atoms with Gasteiger partial charge in [-0.3, -0.25) is 4.79 Å². The smallest absolute Gasteiger partial charge is 0.224 e. The molecule has 0 unspecified atom stereocenters. The Balaban J connectivity index is 1.42. The monoisotopic (exact) mass is 433 g/mol. The van der Waals surface area contributed by atoms with Crippen molar-refractivity contribution in [1.29, 1.82) is 0 Å². The standard InChI is InChI=1S/C24H23N3O3S/c1-17-12-14-18(15-13-17)31(29,30)16-6-11-23(28)25-20-8-3-2-7-19(20)24-26-21-9-4-5-10-22(21)27-24/h2-5,7-10,12-15H,6,11,16H2,1H3,(H,25,28)(H,26,27). The molecule has 0 aliphatic rings. The van der Waals surface area contributed by atoms with E-state index in [0.29, 0.717) is 11.5 Å². The number of rotatable bonds is 7. The number of H-pyrrole nitrogens is 1. The zero-order valence-electron chi connectivity index (χ0n) is 17.1. The summed E-state index contributed by atoms with van der Waals surface area (Å²) in [5.74, 6) is 0.357. The average molecular weight is 434 g/mol. The number of hydrogen-bond acceptors (Lipinski definition) is 4. The maximum Gasteiger partial charge on any atom is 0.224 e. The SMILES string of the molecule is Cc1ccc(S(=O)(=O)CCCC(=O)Nc2ccccc2-c2nc3ccccc3[nH]2)cc1. The molecule has 1 amide bonds. The maximum absolute atomic E-state index is 12.5. The Morgan fingerprint density at radius 1 is 0.968 bits per heavy atom. The van der Waals surface area contributed by atoms with E-state index in [-0.39, 0.29) is 29.4 Å². The number of amides is 1. The minimum absolute atomic E-state index is 0.0747. The first-order valence-electron chi connectivity index (χ1n) is 10.1. The molecule has 4 aromatic rings. The van der Waals surface area contributed by atoms with Gasteiger partial charge in [0.25, 0.3) is 0 Å². The fourth-order valence-corrected chi connectivity index (χ4v) is 4.69. The van der Waals surface area contributed by atoms with Gasteiger partial charge in [0.1, 0.15) is 5.82 Å². The van der Waals surface area contributed by atoms with Crippen LogP contribution in [-0.4, -0.2) is 30.0 Å². The van der Waals surface area contributed by atoms with Crippen molar-refractivity contribution in [3.63, 3.8) is 0 Å². The van der Waals surface area contributed by atoms with E-state index in [4.69, 9.17) is 0 Å². The summed E-state index contributed by atoms with van der Waals surface area (Å²) in [4.78, 5) is 20.7. The number of aromatic nitrogens is 2. The van der Waals surface area contributed by atoms with E-state index in [0.717, 1.165) is 22.2 Å². The van der Waals surface area contributed by atoms with Crippen LogP contribution in [0.2, 0.25) is 0 Å². The Morgan fingerprint density at radius 3 is 2.45 bits per heavy atom. The van der Waals surface area contributed by atoms with E-state index in [1.54, 1.807) is 24.3 Å². The number of benzene rings is 3. The quantitative estimate of drug-likeness (QED) is 0.441. The van der Waals surface area contributed by atoms with Gasteiger partial charge in [-0.25, -0.2) is 13.4 Å². The second-order valence-electron chi connectivity index (χ2n) is 7.43. The number of nitrogens with one attached hydrogen (secondary N) is 2. The lowest BCUT2D eigenvalue weighted by Gasteiger charge is -2.10. The molecule has 0 radical (unpaired) electrons. The number of imidazole rings is 1. The molecule has 7 heteroatoms. The van der Waals surface area contributed by atoms with E-state index in [9.17, 15) is 13.2 Å². The Kier molecular flexibility index (Phi) is 5.86. The summed E-state index contributed by atoms with van der Waals surface area (Å²) < 4.78 is 24.9. The normalized spacial score (nSPS) is 11.5. The summed E-state index contributed by atoms with van der Waals surface area (Å²) in [7, 11) is -3.41. The third kappa shape index (κ3) is 4.83. The molecule has 1 aromatic heterocycles. The van der Waals surface area contributed by atoms with Crippen LogP contribution in [0.15, 0.2) is 77.7 Å². The molecule has 0 aliphatic heterocycles. The fraction of sp³-hybridized carbons (Fsp3) is 0.167. The molecule has 4 rings (SSSR count). The van der Waals surface area contributed by atoms with E-state index >= 15 is 0 Å². The number of hydrogen-bond donors (Lipinski definition) is 2. The highest BCUT2D eigenvalue weighted by Gasteiger charge is 2.16. The number of sulfone groups is 1. The van der Waals surface area contributed by atoms with E-state index in [2.05, 4.69) is 15.3 Å². The lowest BCUT2D eigenvalue weighted by atomic mass is 10.1. The summed E-state index contributed by atoms with van der Waals surface area (Å²) in [6.45, 7) is 1.91. The number of aromatic amines is 1. The minimum Gasteiger partial charge on any atom is -0.338 e. The van der Waals surface area contributed by atoms with Gasteiger partial charge in [0, 0.05) is 12.0 Å². The largest absolute Gasteiger partial charge is 0.338 e. The highest BCUT2D eigenvalue weighted by molar-refractivity contribution is 7.91. The molecule has 158 valence electrons. The van der Waals surface area contributed by atoms with E-state index in [1.807, 2.05) is 55.5 Å². The van der Waals surface area contributed by atoms with Crippen LogP contribution in [0.1, 0.15) is 18.4 Å². The number of carbonyl (C=O) groups excluding carboxylic acids is 1. The molecule has 1 heterocycles. The van der Waals surface area contributed by atoms with E-state index in [1.165, 1.54) is 0 Å². The Morgan fingerprint density at radius 2 is 1.68 bits per heavy atom. The molecule has 3 aromatic carbocycles. The predicted molar refractivity (Wildman–Crippen MR) is 123 cm³/mol. The van der Waals surface area contributed by atoms with Crippen LogP contribution in [0.4, 0.5) is 5.69 Å². The summed E-state index contributed by atoms with van der Waals surface area (Å²) in [5.41, 5.74) is 4.17. The van der Waals surface area contributed by atoms with Crippen molar-refractivity contribution in [2.45, 2.75) is 24.7 Å². The molecule has 6 nitrogen and oxygen atoms in total. The van der Waals surface area contributed by atoms with Gasteiger partial charge in [0.05, 0.1) is 27.4 Å². The van der Waals surface area contributed by atoms with Gasteiger partial charge >= 0.3 is 0 Å². The molecule has 0 fully saturated rings. The lowest BCUT2D eigenvalue weighted by molar-refractivity contribution is -0.116. The molecular formula is C24H23N3O3S. The topological polar surface area (TPSA) is 91.9 Å². The summed E-state index contributed by atoms with van der Waals surface area (Å²) in [6.07, 6.45) is 0.356. The molecule has 0 aliphatic carbocycles. The predicted octanol–water partition coefficient (Wildman–Crippen LogP) is 4.73. The first kappa shape index (κ1) is 20.8. The molecule has 0 bridgehead atoms. The Hall–Kier alpha value is -3.45. The number of nitrogens with zero attached hydrogens (tertiary/aromatic N) is 1. The Bertz CT molecular complexity index is 1290. The van der Waals surface area contributed by atoms with Crippen LogP contribution in [0.5, 0.6) is 0 Å². The third-order valence-corrected chi connectivity index (χ3v) is 6.86. The number of anilines is 1. The van der Waals surface area contributed by atoms with Crippen molar-refractivity contribution in [2.75, 3.05) is 11.1 Å². The van der Waals surface area contributed by atoms with Crippen molar-refractivity contribution in [2.24, 2.45) is 0 Å². The van der Waals surface area contributed by atoms with Crippen LogP contribution in [0, 0.1) is 6.92 Å². The fourth-order valence-electron chi connectivity index (χ4n) is 3.38. The van der Waals surface area contributed by atoms with Crippen molar-refractivity contribution in [3.05, 3.63) is 78.4 Å². The third-order valence-electron chi connectivity index (χ3n) is 5.04. The van der Waals surface area contributed by atoms with Gasteiger partial charge in [-0.2, -0.15) is 0 Å². The number of para-hydroxylation sites is 3. The number of aryl methyl sites for hydroxylation is 1. The van der Waals surface area contributed by atoms with Crippen molar-refractivity contribution >= 4 is 32.5 Å². The van der Waals surface area contributed by atoms with Gasteiger partial charge < -0.3 is 10.3 Å². The van der Waals surface area contributed by atoms with Crippen LogP contribution in [0.3, 0.4) is 0 Å². The lowest BCUT2D eigenvalue weighted by Crippen LogP contribution is -2.15. The van der Waals surface area contributed by atoms with Gasteiger partial charge in [-0.1, -0.05) is 42.0 Å². The number of fused-ring (bicyclic) bond motifs is 1. The van der Waals surface area contributed by atoms with Crippen molar-refractivity contribution in [1.82, 2.24) is 9.97 Å². The minimum atomic E-state index is -3.41. The molecule has 31 heavy (non-hydrogen) atoms. The van der Waals surface area contributed by atoms with Crippen LogP contribution >= 0.6 is 0 Å². The zero-order chi connectivity index (χ0) is 21.8. The van der Waals surface area contributed by atoms with E-state index < -0.39 is 9.84 Å². The molecule has 0 saturated carbocycles. The molecular weight excluding hydrogens is 410 g/mol. The van der Waals surface area contributed by atoms with Crippen LogP contribution in [0.25, 0.3) is 22.4 Å². The van der Waals surface area contributed by atoms with Gasteiger partial charge in [-0.15, -0.1) is 0 Å².